The Labute approximate surface area is 82.8 Å². The van der Waals surface area contributed by atoms with Crippen LogP contribution in [0.1, 0.15) is 10.4 Å². The predicted molar refractivity (Wildman–Crippen MR) is 49.2 cm³/mol. The fourth-order valence-corrected chi connectivity index (χ4v) is 1.38. The van der Waals surface area contributed by atoms with Crippen LogP contribution in [-0.4, -0.2) is 13.0 Å². The monoisotopic (exact) mass is 247 g/mol. The second-order valence-corrected chi connectivity index (χ2v) is 3.25. The van der Waals surface area contributed by atoms with Crippen molar-refractivity contribution in [3.8, 4) is 5.75 Å². The molecule has 3 nitrogen and oxygen atoms in total. The van der Waals surface area contributed by atoms with E-state index in [-0.39, 0.29) is 11.3 Å². The van der Waals surface area contributed by atoms with Gasteiger partial charge >= 0.3 is 0 Å². The number of amides is 1. The fraction of sp³-hybridized carbons (Fsp3) is 0.125. The molecule has 1 aromatic rings. The van der Waals surface area contributed by atoms with Gasteiger partial charge in [0.05, 0.1) is 12.7 Å². The van der Waals surface area contributed by atoms with Crippen LogP contribution in [0, 0.1) is 5.82 Å². The Bertz CT molecular complexity index is 354. The summed E-state index contributed by atoms with van der Waals surface area (Å²) in [7, 11) is 1.28. The highest BCUT2D eigenvalue weighted by molar-refractivity contribution is 9.10. The number of carbonyl (C=O) groups excluding carboxylic acids is 1. The number of methoxy groups -OCH3 is 1. The summed E-state index contributed by atoms with van der Waals surface area (Å²) in [5.41, 5.74) is 5.04. The minimum Gasteiger partial charge on any atom is -0.493 e. The highest BCUT2D eigenvalue weighted by atomic mass is 79.9. The van der Waals surface area contributed by atoms with Crippen molar-refractivity contribution in [2.24, 2.45) is 5.73 Å². The maximum atomic E-state index is 13.1. The van der Waals surface area contributed by atoms with E-state index in [1.165, 1.54) is 19.2 Å². The first-order valence-electron chi connectivity index (χ1n) is 3.39. The average Bonchev–Trinajstić information content (AvgIpc) is 2.02. The van der Waals surface area contributed by atoms with E-state index in [0.717, 1.165) is 0 Å². The average molecular weight is 248 g/mol. The second kappa shape index (κ2) is 3.74. The summed E-state index contributed by atoms with van der Waals surface area (Å²) in [6, 6.07) is 2.61. The Morgan fingerprint density at radius 2 is 2.23 bits per heavy atom. The SMILES string of the molecule is COc1c(F)cc(Br)cc1C(N)=O. The van der Waals surface area contributed by atoms with Crippen LogP contribution in [0.3, 0.4) is 0 Å². The molecule has 0 fully saturated rings. The van der Waals surface area contributed by atoms with E-state index in [0.29, 0.717) is 4.47 Å². The standard InChI is InChI=1S/C8H7BrFNO2/c1-13-7-5(8(11)12)2-4(9)3-6(7)10/h2-3H,1H3,(H2,11,12). The van der Waals surface area contributed by atoms with Gasteiger partial charge < -0.3 is 10.5 Å². The smallest absolute Gasteiger partial charge is 0.252 e. The molecule has 0 aliphatic rings. The van der Waals surface area contributed by atoms with Crippen molar-refractivity contribution >= 4 is 21.8 Å². The first-order valence-corrected chi connectivity index (χ1v) is 4.18. The van der Waals surface area contributed by atoms with Crippen molar-refractivity contribution in [2.45, 2.75) is 0 Å². The van der Waals surface area contributed by atoms with Crippen molar-refractivity contribution < 1.29 is 13.9 Å². The maximum absolute atomic E-state index is 13.1. The molecule has 0 aliphatic carbocycles. The van der Waals surface area contributed by atoms with Crippen LogP contribution in [-0.2, 0) is 0 Å². The van der Waals surface area contributed by atoms with E-state index in [4.69, 9.17) is 10.5 Å². The maximum Gasteiger partial charge on any atom is 0.252 e. The Kier molecular flexibility index (Phi) is 2.87. The Hall–Kier alpha value is -1.10. The van der Waals surface area contributed by atoms with Gasteiger partial charge in [-0.3, -0.25) is 4.79 Å². The normalized spacial score (nSPS) is 9.77. The van der Waals surface area contributed by atoms with E-state index in [2.05, 4.69) is 15.9 Å². The number of nitrogens with two attached hydrogens (primary N) is 1. The van der Waals surface area contributed by atoms with Gasteiger partial charge in [0, 0.05) is 4.47 Å². The minimum atomic E-state index is -0.725. The van der Waals surface area contributed by atoms with Gasteiger partial charge in [-0.1, -0.05) is 15.9 Å². The molecule has 0 aromatic heterocycles. The van der Waals surface area contributed by atoms with Crippen LogP contribution >= 0.6 is 15.9 Å². The molecule has 0 aliphatic heterocycles. The largest absolute Gasteiger partial charge is 0.493 e. The van der Waals surface area contributed by atoms with Crippen molar-refractivity contribution in [2.75, 3.05) is 7.11 Å². The van der Waals surface area contributed by atoms with Crippen LogP contribution in [0.4, 0.5) is 4.39 Å². The molecule has 0 atom stereocenters. The third kappa shape index (κ3) is 1.98. The fourth-order valence-electron chi connectivity index (χ4n) is 0.951. The number of ether oxygens (including phenoxy) is 1. The first-order chi connectivity index (χ1) is 6.06. The molecule has 0 heterocycles. The van der Waals surface area contributed by atoms with Gasteiger partial charge in [-0.25, -0.2) is 4.39 Å². The molecule has 5 heteroatoms. The van der Waals surface area contributed by atoms with E-state index in [9.17, 15) is 9.18 Å². The summed E-state index contributed by atoms with van der Waals surface area (Å²) in [5.74, 6) is -1.47. The van der Waals surface area contributed by atoms with E-state index >= 15 is 0 Å². The van der Waals surface area contributed by atoms with Crippen LogP contribution in [0.5, 0.6) is 5.75 Å². The number of rotatable bonds is 2. The third-order valence-corrected chi connectivity index (χ3v) is 1.94. The van der Waals surface area contributed by atoms with Crippen LogP contribution in [0.25, 0.3) is 0 Å². The van der Waals surface area contributed by atoms with E-state index in [1.807, 2.05) is 0 Å². The molecule has 0 radical (unpaired) electrons. The molecular formula is C8H7BrFNO2. The lowest BCUT2D eigenvalue weighted by Crippen LogP contribution is -2.13. The van der Waals surface area contributed by atoms with Gasteiger partial charge in [0.1, 0.15) is 0 Å². The predicted octanol–water partition coefficient (Wildman–Crippen LogP) is 1.70. The summed E-state index contributed by atoms with van der Waals surface area (Å²) in [4.78, 5) is 10.8. The van der Waals surface area contributed by atoms with Crippen LogP contribution in [0.15, 0.2) is 16.6 Å². The zero-order valence-corrected chi connectivity index (χ0v) is 8.39. The van der Waals surface area contributed by atoms with Crippen LogP contribution in [0.2, 0.25) is 0 Å². The Morgan fingerprint density at radius 1 is 1.62 bits per heavy atom. The molecule has 1 amide bonds. The van der Waals surface area contributed by atoms with Crippen molar-refractivity contribution in [1.29, 1.82) is 0 Å². The summed E-state index contributed by atoms with van der Waals surface area (Å²) in [6.45, 7) is 0. The molecule has 2 N–H and O–H groups in total. The lowest BCUT2D eigenvalue weighted by molar-refractivity contribution is 0.0996. The Balaban J connectivity index is 3.38. The molecule has 0 bridgehead atoms. The highest BCUT2D eigenvalue weighted by Crippen LogP contribution is 2.26. The molecule has 70 valence electrons. The minimum absolute atomic E-state index is 0.0226. The second-order valence-electron chi connectivity index (χ2n) is 2.33. The van der Waals surface area contributed by atoms with Gasteiger partial charge in [-0.15, -0.1) is 0 Å². The molecular weight excluding hydrogens is 241 g/mol. The topological polar surface area (TPSA) is 52.3 Å². The highest BCUT2D eigenvalue weighted by Gasteiger charge is 2.14. The van der Waals surface area contributed by atoms with E-state index in [1.54, 1.807) is 0 Å². The number of primary amides is 1. The molecule has 1 rings (SSSR count). The van der Waals surface area contributed by atoms with Gasteiger partial charge in [-0.2, -0.15) is 0 Å². The summed E-state index contributed by atoms with van der Waals surface area (Å²) >= 11 is 3.04. The number of halogens is 2. The zero-order valence-electron chi connectivity index (χ0n) is 6.80. The Morgan fingerprint density at radius 3 is 2.69 bits per heavy atom. The summed E-state index contributed by atoms with van der Waals surface area (Å²) in [6.07, 6.45) is 0. The van der Waals surface area contributed by atoms with Gasteiger partial charge in [0.15, 0.2) is 11.6 Å². The van der Waals surface area contributed by atoms with E-state index < -0.39 is 11.7 Å². The number of hydrogen-bond donors (Lipinski definition) is 1. The number of carbonyl (C=O) groups is 1. The molecule has 13 heavy (non-hydrogen) atoms. The van der Waals surface area contributed by atoms with Crippen molar-refractivity contribution in [1.82, 2.24) is 0 Å². The number of benzene rings is 1. The quantitative estimate of drug-likeness (QED) is 0.865. The van der Waals surface area contributed by atoms with Gasteiger partial charge in [-0.05, 0) is 12.1 Å². The lowest BCUT2D eigenvalue weighted by atomic mass is 10.2. The molecule has 0 saturated heterocycles. The molecule has 0 unspecified atom stereocenters. The molecule has 0 spiro atoms. The third-order valence-electron chi connectivity index (χ3n) is 1.48. The zero-order chi connectivity index (χ0) is 10.0. The van der Waals surface area contributed by atoms with Crippen molar-refractivity contribution in [3.05, 3.63) is 28.0 Å². The van der Waals surface area contributed by atoms with Crippen molar-refractivity contribution in [3.63, 3.8) is 0 Å². The summed E-state index contributed by atoms with van der Waals surface area (Å²) < 4.78 is 18.2. The summed E-state index contributed by atoms with van der Waals surface area (Å²) in [5, 5.41) is 0. The van der Waals surface area contributed by atoms with Crippen LogP contribution < -0.4 is 10.5 Å². The van der Waals surface area contributed by atoms with Gasteiger partial charge in [0.25, 0.3) is 5.91 Å². The molecule has 0 saturated carbocycles. The molecule has 1 aromatic carbocycles. The number of hydrogen-bond acceptors (Lipinski definition) is 2. The van der Waals surface area contributed by atoms with Gasteiger partial charge in [0.2, 0.25) is 0 Å². The lowest BCUT2D eigenvalue weighted by Gasteiger charge is -2.06. The first kappa shape index (κ1) is 9.98.